The number of rotatable bonds is 3. The standard InChI is InChI=1S/C33H18O12/c34-25-19-4-1-13(10-22(19)28(37)31(25,40)41)16-7-17(14-2-5-20-23(11-14)29(38)32(42,43)26(20)35)9-18(8-16)15-3-6-21-24(12-15)30(39)33(44,45)27(21)36/h1-12,40-45H. The lowest BCUT2D eigenvalue weighted by Gasteiger charge is -2.13. The number of benzene rings is 4. The van der Waals surface area contributed by atoms with Crippen LogP contribution in [0.5, 0.6) is 0 Å². The minimum atomic E-state index is -3.21. The summed E-state index contributed by atoms with van der Waals surface area (Å²) >= 11 is 0. The van der Waals surface area contributed by atoms with Gasteiger partial charge in [0.2, 0.25) is 34.7 Å². The summed E-state index contributed by atoms with van der Waals surface area (Å²) in [5.74, 6) is -16.8. The van der Waals surface area contributed by atoms with Crippen molar-refractivity contribution in [2.24, 2.45) is 0 Å². The van der Waals surface area contributed by atoms with Gasteiger partial charge in [0, 0.05) is 33.4 Å². The summed E-state index contributed by atoms with van der Waals surface area (Å²) in [7, 11) is 0. The van der Waals surface area contributed by atoms with Crippen molar-refractivity contribution in [3.8, 4) is 33.4 Å². The molecule has 0 radical (unpaired) electrons. The molecule has 0 fully saturated rings. The highest BCUT2D eigenvalue weighted by Crippen LogP contribution is 2.39. The Balaban J connectivity index is 1.42. The summed E-state index contributed by atoms with van der Waals surface area (Å²) in [6.45, 7) is 0. The lowest BCUT2D eigenvalue weighted by atomic mass is 9.90. The zero-order valence-corrected chi connectivity index (χ0v) is 22.6. The van der Waals surface area contributed by atoms with Crippen LogP contribution in [0.4, 0.5) is 0 Å². The number of hydrogen-bond acceptors (Lipinski definition) is 12. The fraction of sp³-hybridized carbons (Fsp3) is 0.0909. The molecular formula is C33H18O12. The van der Waals surface area contributed by atoms with Gasteiger partial charge in [-0.1, -0.05) is 18.2 Å². The average molecular weight is 606 g/mol. The van der Waals surface area contributed by atoms with E-state index in [1.807, 2.05) is 0 Å². The van der Waals surface area contributed by atoms with E-state index < -0.39 is 52.1 Å². The van der Waals surface area contributed by atoms with Crippen molar-refractivity contribution in [2.45, 2.75) is 17.4 Å². The summed E-state index contributed by atoms with van der Waals surface area (Å²) in [6, 6.07) is 16.9. The molecule has 3 aliphatic carbocycles. The first-order valence-corrected chi connectivity index (χ1v) is 13.3. The topological polar surface area (TPSA) is 224 Å². The molecule has 0 atom stereocenters. The zero-order valence-electron chi connectivity index (χ0n) is 22.6. The van der Waals surface area contributed by atoms with Gasteiger partial charge in [-0.05, 0) is 88.0 Å². The maximum absolute atomic E-state index is 12.6. The van der Waals surface area contributed by atoms with E-state index >= 15 is 0 Å². The quantitative estimate of drug-likeness (QED) is 0.141. The van der Waals surface area contributed by atoms with Crippen molar-refractivity contribution in [3.63, 3.8) is 0 Å². The Morgan fingerprint density at radius 1 is 0.289 bits per heavy atom. The van der Waals surface area contributed by atoms with Gasteiger partial charge in [-0.2, -0.15) is 0 Å². The molecule has 3 aliphatic rings. The number of fused-ring (bicyclic) bond motifs is 3. The molecule has 12 nitrogen and oxygen atoms in total. The molecule has 45 heavy (non-hydrogen) atoms. The van der Waals surface area contributed by atoms with Crippen molar-refractivity contribution in [1.29, 1.82) is 0 Å². The Hall–Kier alpha value is -5.34. The van der Waals surface area contributed by atoms with Crippen LogP contribution in [0.1, 0.15) is 62.1 Å². The first kappa shape index (κ1) is 28.4. The number of carbonyl (C=O) groups excluding carboxylic acids is 6. The van der Waals surface area contributed by atoms with Gasteiger partial charge in [-0.25, -0.2) is 0 Å². The highest BCUT2D eigenvalue weighted by Gasteiger charge is 2.52. The van der Waals surface area contributed by atoms with Crippen molar-refractivity contribution in [1.82, 2.24) is 0 Å². The SMILES string of the molecule is O=C1c2ccc(-c3cc(-c4ccc5c(c4)C(=O)C(O)(O)C5=O)cc(-c4ccc5c(c4)C(=O)C(O)(O)C5=O)c3)cc2C(=O)C1(O)O. The maximum Gasteiger partial charge on any atom is 0.295 e. The predicted octanol–water partition coefficient (Wildman–Crippen LogP) is 0.867. The van der Waals surface area contributed by atoms with Crippen LogP contribution in [-0.4, -0.2) is 82.7 Å². The molecule has 7 rings (SSSR count). The van der Waals surface area contributed by atoms with E-state index in [1.54, 1.807) is 18.2 Å². The summed E-state index contributed by atoms with van der Waals surface area (Å²) in [6.07, 6.45) is 0. The Labute approximate surface area is 251 Å². The monoisotopic (exact) mass is 606 g/mol. The highest BCUT2D eigenvalue weighted by atomic mass is 16.5. The molecule has 6 N–H and O–H groups in total. The van der Waals surface area contributed by atoms with Crippen LogP contribution >= 0.6 is 0 Å². The fourth-order valence-electron chi connectivity index (χ4n) is 5.89. The van der Waals surface area contributed by atoms with Crippen LogP contribution in [0, 0.1) is 0 Å². The summed E-state index contributed by atoms with van der Waals surface area (Å²) in [5.41, 5.74) is 0.905. The van der Waals surface area contributed by atoms with E-state index in [9.17, 15) is 59.4 Å². The number of hydrogen-bond donors (Lipinski definition) is 6. The Kier molecular flexibility index (Phi) is 5.60. The van der Waals surface area contributed by atoms with Crippen molar-refractivity contribution < 1.29 is 59.4 Å². The predicted molar refractivity (Wildman–Crippen MR) is 150 cm³/mol. The number of ketones is 6. The first-order chi connectivity index (χ1) is 21.0. The third-order valence-electron chi connectivity index (χ3n) is 8.36. The lowest BCUT2D eigenvalue weighted by molar-refractivity contribution is -0.0857. The average Bonchev–Trinajstić information content (AvgIpc) is 3.40. The van der Waals surface area contributed by atoms with Gasteiger partial charge in [0.05, 0.1) is 0 Å². The molecule has 12 heteroatoms. The molecule has 0 amide bonds. The van der Waals surface area contributed by atoms with E-state index in [0.29, 0.717) is 33.4 Å². The van der Waals surface area contributed by atoms with Gasteiger partial charge in [0.25, 0.3) is 17.4 Å². The minimum absolute atomic E-state index is 0.193. The molecule has 0 aromatic heterocycles. The highest BCUT2D eigenvalue weighted by molar-refractivity contribution is 6.32. The smallest absolute Gasteiger partial charge is 0.295 e. The lowest BCUT2D eigenvalue weighted by Crippen LogP contribution is -2.40. The molecule has 0 saturated carbocycles. The Bertz CT molecular complexity index is 1900. The van der Waals surface area contributed by atoms with Crippen molar-refractivity contribution in [3.05, 3.63) is 106 Å². The molecular weight excluding hydrogens is 588 g/mol. The molecule has 0 bridgehead atoms. The van der Waals surface area contributed by atoms with Gasteiger partial charge >= 0.3 is 0 Å². The van der Waals surface area contributed by atoms with Gasteiger partial charge in [-0.15, -0.1) is 0 Å². The van der Waals surface area contributed by atoms with Crippen molar-refractivity contribution >= 4 is 34.7 Å². The van der Waals surface area contributed by atoms with Crippen LogP contribution in [0.25, 0.3) is 33.4 Å². The molecule has 222 valence electrons. The van der Waals surface area contributed by atoms with Crippen LogP contribution in [0.2, 0.25) is 0 Å². The zero-order chi connectivity index (χ0) is 32.4. The summed E-state index contributed by atoms with van der Waals surface area (Å²) < 4.78 is 0. The molecule has 0 spiro atoms. The van der Waals surface area contributed by atoms with Gasteiger partial charge in [-0.3, -0.25) is 28.8 Å². The normalized spacial score (nSPS) is 18.8. The van der Waals surface area contributed by atoms with Crippen LogP contribution in [0.3, 0.4) is 0 Å². The number of carbonyl (C=O) groups is 6. The summed E-state index contributed by atoms with van der Waals surface area (Å²) in [4.78, 5) is 74.8. The minimum Gasteiger partial charge on any atom is -0.353 e. The third-order valence-corrected chi connectivity index (χ3v) is 8.36. The van der Waals surface area contributed by atoms with E-state index in [-0.39, 0.29) is 33.4 Å². The van der Waals surface area contributed by atoms with Gasteiger partial charge < -0.3 is 30.6 Å². The van der Waals surface area contributed by atoms with E-state index in [4.69, 9.17) is 0 Å². The van der Waals surface area contributed by atoms with Gasteiger partial charge in [0.1, 0.15) is 0 Å². The number of aliphatic hydroxyl groups is 6. The van der Waals surface area contributed by atoms with Crippen molar-refractivity contribution in [2.75, 3.05) is 0 Å². The third kappa shape index (κ3) is 3.75. The summed E-state index contributed by atoms with van der Waals surface area (Å²) in [5, 5.41) is 59.9. The maximum atomic E-state index is 12.6. The number of Topliss-reactive ketones (excluding diaryl/α,β-unsaturated/α-hetero) is 6. The second kappa shape index (κ2) is 8.86. The largest absolute Gasteiger partial charge is 0.353 e. The Morgan fingerprint density at radius 2 is 0.511 bits per heavy atom. The van der Waals surface area contributed by atoms with E-state index in [1.165, 1.54) is 54.6 Å². The van der Waals surface area contributed by atoms with E-state index in [0.717, 1.165) is 0 Å². The molecule has 0 aliphatic heterocycles. The molecule has 0 unspecified atom stereocenters. The second-order valence-electron chi connectivity index (χ2n) is 11.1. The van der Waals surface area contributed by atoms with Crippen LogP contribution in [0.15, 0.2) is 72.8 Å². The molecule has 0 saturated heterocycles. The van der Waals surface area contributed by atoms with Crippen LogP contribution < -0.4 is 0 Å². The van der Waals surface area contributed by atoms with Crippen LogP contribution in [-0.2, 0) is 0 Å². The first-order valence-electron chi connectivity index (χ1n) is 13.3. The van der Waals surface area contributed by atoms with Gasteiger partial charge in [0.15, 0.2) is 0 Å². The second-order valence-corrected chi connectivity index (χ2v) is 11.1. The molecule has 4 aromatic carbocycles. The molecule has 0 heterocycles. The van der Waals surface area contributed by atoms with E-state index in [2.05, 4.69) is 0 Å². The fourth-order valence-corrected chi connectivity index (χ4v) is 5.89. The molecule has 4 aromatic rings. The Morgan fingerprint density at radius 3 is 0.756 bits per heavy atom.